The number of esters is 2. The van der Waals surface area contributed by atoms with Gasteiger partial charge in [0.2, 0.25) is 0 Å². The Labute approximate surface area is 83.9 Å². The third kappa shape index (κ3) is 5.35. The van der Waals surface area contributed by atoms with Gasteiger partial charge in [-0.1, -0.05) is 6.58 Å². The molecule has 14 heavy (non-hydrogen) atoms. The van der Waals surface area contributed by atoms with Gasteiger partial charge in [0, 0.05) is 0 Å². The average molecular weight is 200 g/mol. The van der Waals surface area contributed by atoms with Crippen LogP contribution < -0.4 is 0 Å². The summed E-state index contributed by atoms with van der Waals surface area (Å²) in [5.74, 6) is -0.848. The number of rotatable bonds is 5. The van der Waals surface area contributed by atoms with Gasteiger partial charge >= 0.3 is 11.9 Å². The van der Waals surface area contributed by atoms with E-state index in [1.807, 2.05) is 0 Å². The van der Waals surface area contributed by atoms with Crippen LogP contribution in [0.1, 0.15) is 26.7 Å². The summed E-state index contributed by atoms with van der Waals surface area (Å²) in [5, 5.41) is 0. The van der Waals surface area contributed by atoms with Crippen LogP contribution in [0.4, 0.5) is 0 Å². The van der Waals surface area contributed by atoms with Gasteiger partial charge in [-0.15, -0.1) is 0 Å². The Kier molecular flexibility index (Phi) is 4.91. The van der Waals surface area contributed by atoms with Crippen molar-refractivity contribution in [3.8, 4) is 0 Å². The summed E-state index contributed by atoms with van der Waals surface area (Å²) in [4.78, 5) is 21.9. The highest BCUT2D eigenvalue weighted by Gasteiger charge is 2.18. The van der Waals surface area contributed by atoms with Crippen molar-refractivity contribution in [3.05, 3.63) is 12.7 Å². The van der Waals surface area contributed by atoms with Gasteiger partial charge in [-0.05, 0) is 19.9 Å². The first-order chi connectivity index (χ1) is 6.41. The SMILES string of the molecule is C=CC(C)(C)OC(=O)CCC(=O)OC. The zero-order valence-electron chi connectivity index (χ0n) is 8.83. The summed E-state index contributed by atoms with van der Waals surface area (Å²) in [5.41, 5.74) is -0.687. The fraction of sp³-hybridized carbons (Fsp3) is 0.600. The van der Waals surface area contributed by atoms with Crippen molar-refractivity contribution >= 4 is 11.9 Å². The summed E-state index contributed by atoms with van der Waals surface area (Å²) in [6.45, 7) is 6.96. The predicted molar refractivity (Wildman–Crippen MR) is 51.6 cm³/mol. The van der Waals surface area contributed by atoms with E-state index in [1.54, 1.807) is 13.8 Å². The van der Waals surface area contributed by atoms with Gasteiger partial charge in [0.05, 0.1) is 20.0 Å². The van der Waals surface area contributed by atoms with Crippen LogP contribution in [0.15, 0.2) is 12.7 Å². The molecule has 0 aliphatic carbocycles. The number of ether oxygens (including phenoxy) is 2. The van der Waals surface area contributed by atoms with E-state index in [0.717, 1.165) is 0 Å². The molecule has 0 aliphatic heterocycles. The quantitative estimate of drug-likeness (QED) is 0.498. The summed E-state index contributed by atoms with van der Waals surface area (Å²) < 4.78 is 9.41. The molecule has 80 valence electrons. The number of hydrogen-bond acceptors (Lipinski definition) is 4. The first kappa shape index (κ1) is 12.7. The first-order valence-corrected chi connectivity index (χ1v) is 4.33. The molecule has 0 rings (SSSR count). The molecule has 0 aromatic heterocycles. The van der Waals surface area contributed by atoms with Crippen LogP contribution in [0, 0.1) is 0 Å². The highest BCUT2D eigenvalue weighted by atomic mass is 16.6. The standard InChI is InChI=1S/C10H16O4/c1-5-10(2,3)14-9(12)7-6-8(11)13-4/h5H,1,6-7H2,2-4H3. The van der Waals surface area contributed by atoms with Gasteiger partial charge in [0.1, 0.15) is 5.60 Å². The number of methoxy groups -OCH3 is 1. The molecule has 0 bridgehead atoms. The number of carbonyl (C=O) groups is 2. The summed E-state index contributed by atoms with van der Waals surface area (Å²) >= 11 is 0. The fourth-order valence-electron chi connectivity index (χ4n) is 0.692. The van der Waals surface area contributed by atoms with Crippen molar-refractivity contribution in [2.75, 3.05) is 7.11 Å². The van der Waals surface area contributed by atoms with Crippen LogP contribution in [0.25, 0.3) is 0 Å². The van der Waals surface area contributed by atoms with Crippen molar-refractivity contribution < 1.29 is 19.1 Å². The maximum absolute atomic E-state index is 11.2. The molecule has 0 amide bonds. The van der Waals surface area contributed by atoms with E-state index >= 15 is 0 Å². The third-order valence-corrected chi connectivity index (χ3v) is 1.63. The molecule has 0 N–H and O–H groups in total. The van der Waals surface area contributed by atoms with Gasteiger partial charge in [0.25, 0.3) is 0 Å². The smallest absolute Gasteiger partial charge is 0.307 e. The fourth-order valence-corrected chi connectivity index (χ4v) is 0.692. The molecule has 0 atom stereocenters. The van der Waals surface area contributed by atoms with Gasteiger partial charge < -0.3 is 9.47 Å². The molecular formula is C10H16O4. The third-order valence-electron chi connectivity index (χ3n) is 1.63. The highest BCUT2D eigenvalue weighted by molar-refractivity contribution is 5.77. The summed E-state index contributed by atoms with van der Waals surface area (Å²) in [7, 11) is 1.28. The predicted octanol–water partition coefficient (Wildman–Crippen LogP) is 1.45. The van der Waals surface area contributed by atoms with Crippen LogP contribution in [-0.2, 0) is 19.1 Å². The second kappa shape index (κ2) is 5.42. The second-order valence-corrected chi connectivity index (χ2v) is 3.36. The molecule has 0 spiro atoms. The van der Waals surface area contributed by atoms with E-state index in [-0.39, 0.29) is 12.8 Å². The highest BCUT2D eigenvalue weighted by Crippen LogP contribution is 2.11. The molecule has 0 aromatic rings. The Morgan fingerprint density at radius 3 is 2.21 bits per heavy atom. The Balaban J connectivity index is 3.88. The van der Waals surface area contributed by atoms with E-state index in [9.17, 15) is 9.59 Å². The Morgan fingerprint density at radius 1 is 1.29 bits per heavy atom. The molecule has 0 aliphatic rings. The lowest BCUT2D eigenvalue weighted by molar-refractivity contribution is -0.155. The van der Waals surface area contributed by atoms with Crippen molar-refractivity contribution in [1.29, 1.82) is 0 Å². The lowest BCUT2D eigenvalue weighted by Gasteiger charge is -2.20. The Bertz CT molecular complexity index is 230. The van der Waals surface area contributed by atoms with Crippen molar-refractivity contribution in [3.63, 3.8) is 0 Å². The van der Waals surface area contributed by atoms with E-state index in [2.05, 4.69) is 11.3 Å². The normalized spacial score (nSPS) is 10.5. The Morgan fingerprint density at radius 2 is 1.79 bits per heavy atom. The van der Waals surface area contributed by atoms with Gasteiger partial charge in [-0.2, -0.15) is 0 Å². The molecule has 0 radical (unpaired) electrons. The van der Waals surface area contributed by atoms with E-state index in [0.29, 0.717) is 0 Å². The lowest BCUT2D eigenvalue weighted by Crippen LogP contribution is -2.25. The molecule has 0 saturated carbocycles. The second-order valence-electron chi connectivity index (χ2n) is 3.36. The number of carbonyl (C=O) groups excluding carboxylic acids is 2. The minimum Gasteiger partial charge on any atom is -0.469 e. The molecule has 0 aromatic carbocycles. The average Bonchev–Trinajstić information content (AvgIpc) is 2.13. The molecule has 0 unspecified atom stereocenters. The maximum atomic E-state index is 11.2. The Hall–Kier alpha value is -1.32. The van der Waals surface area contributed by atoms with Gasteiger partial charge in [-0.25, -0.2) is 0 Å². The number of hydrogen-bond donors (Lipinski definition) is 0. The lowest BCUT2D eigenvalue weighted by atomic mass is 10.1. The van der Waals surface area contributed by atoms with Gasteiger partial charge in [-0.3, -0.25) is 9.59 Å². The molecule has 0 fully saturated rings. The minimum absolute atomic E-state index is 0.0317. The monoisotopic (exact) mass is 200 g/mol. The van der Waals surface area contributed by atoms with Crippen molar-refractivity contribution in [1.82, 2.24) is 0 Å². The van der Waals surface area contributed by atoms with Crippen LogP contribution in [0.5, 0.6) is 0 Å². The molecule has 4 nitrogen and oxygen atoms in total. The summed E-state index contributed by atoms with van der Waals surface area (Å²) in [6, 6.07) is 0. The van der Waals surface area contributed by atoms with E-state index in [1.165, 1.54) is 13.2 Å². The summed E-state index contributed by atoms with van der Waals surface area (Å²) in [6.07, 6.45) is 1.61. The van der Waals surface area contributed by atoms with Crippen LogP contribution >= 0.6 is 0 Å². The minimum atomic E-state index is -0.687. The van der Waals surface area contributed by atoms with Crippen LogP contribution in [-0.4, -0.2) is 24.6 Å². The van der Waals surface area contributed by atoms with Crippen molar-refractivity contribution in [2.24, 2.45) is 0 Å². The maximum Gasteiger partial charge on any atom is 0.307 e. The van der Waals surface area contributed by atoms with Gasteiger partial charge in [0.15, 0.2) is 0 Å². The zero-order valence-corrected chi connectivity index (χ0v) is 8.83. The van der Waals surface area contributed by atoms with Crippen molar-refractivity contribution in [2.45, 2.75) is 32.3 Å². The zero-order chi connectivity index (χ0) is 11.2. The van der Waals surface area contributed by atoms with Crippen LogP contribution in [0.2, 0.25) is 0 Å². The van der Waals surface area contributed by atoms with Crippen LogP contribution in [0.3, 0.4) is 0 Å². The molecule has 4 heteroatoms. The van der Waals surface area contributed by atoms with E-state index in [4.69, 9.17) is 4.74 Å². The van der Waals surface area contributed by atoms with E-state index < -0.39 is 17.5 Å². The largest absolute Gasteiger partial charge is 0.469 e. The molecule has 0 heterocycles. The molecular weight excluding hydrogens is 184 g/mol. The topological polar surface area (TPSA) is 52.6 Å². The molecule has 0 saturated heterocycles. The first-order valence-electron chi connectivity index (χ1n) is 4.33.